The third-order valence-electron chi connectivity index (χ3n) is 6.18. The number of piperidine rings is 1. The predicted octanol–water partition coefficient (Wildman–Crippen LogP) is 2.89. The first kappa shape index (κ1) is 15.4. The van der Waals surface area contributed by atoms with E-state index in [4.69, 9.17) is 0 Å². The molecule has 0 radical (unpaired) electrons. The van der Waals surface area contributed by atoms with E-state index in [-0.39, 0.29) is 16.9 Å². The van der Waals surface area contributed by atoms with E-state index >= 15 is 0 Å². The molecule has 5 heteroatoms. The number of benzene rings is 1. The maximum Gasteiger partial charge on any atom is 0.258 e. The molecule has 2 atom stereocenters. The molecule has 1 amide bonds. The van der Waals surface area contributed by atoms with Crippen molar-refractivity contribution >= 4 is 16.8 Å². The number of aromatic amines is 2. The number of aromatic nitrogens is 2. The number of amides is 1. The summed E-state index contributed by atoms with van der Waals surface area (Å²) in [5.41, 5.74) is 4.64. The Labute approximate surface area is 151 Å². The minimum Gasteiger partial charge on any atom is -0.360 e. The van der Waals surface area contributed by atoms with Crippen LogP contribution in [0.3, 0.4) is 0 Å². The molecule has 1 aliphatic heterocycles. The molecular weight excluding hydrogens is 326 g/mol. The highest BCUT2D eigenvalue weighted by atomic mass is 16.2. The van der Waals surface area contributed by atoms with Gasteiger partial charge >= 0.3 is 0 Å². The molecule has 2 aromatic heterocycles. The summed E-state index contributed by atoms with van der Waals surface area (Å²) in [4.78, 5) is 33.2. The van der Waals surface area contributed by atoms with Gasteiger partial charge in [0.2, 0.25) is 0 Å². The van der Waals surface area contributed by atoms with Crippen molar-refractivity contribution < 1.29 is 4.79 Å². The number of hydrogen-bond donors (Lipinski definition) is 2. The summed E-state index contributed by atoms with van der Waals surface area (Å²) in [5.74, 6) is 0.477. The molecule has 5 nitrogen and oxygen atoms in total. The molecule has 26 heavy (non-hydrogen) atoms. The Morgan fingerprint density at radius 1 is 1.23 bits per heavy atom. The molecule has 1 saturated heterocycles. The Morgan fingerprint density at radius 3 is 2.88 bits per heavy atom. The molecule has 3 heterocycles. The molecule has 1 saturated carbocycles. The van der Waals surface area contributed by atoms with Crippen LogP contribution in [0.2, 0.25) is 0 Å². The number of fused-ring (bicyclic) bond motifs is 2. The van der Waals surface area contributed by atoms with E-state index in [2.05, 4.69) is 41.2 Å². The highest BCUT2D eigenvalue weighted by Gasteiger charge is 2.61. The first-order valence-electron chi connectivity index (χ1n) is 9.05. The van der Waals surface area contributed by atoms with E-state index in [0.717, 1.165) is 30.6 Å². The Bertz CT molecular complexity index is 1110. The molecule has 132 valence electrons. The van der Waals surface area contributed by atoms with E-state index in [1.165, 1.54) is 11.1 Å². The van der Waals surface area contributed by atoms with Crippen molar-refractivity contribution in [3.8, 4) is 0 Å². The number of nitrogens with zero attached hydrogens (tertiary/aromatic N) is 1. The lowest BCUT2D eigenvalue weighted by Gasteiger charge is -2.21. The van der Waals surface area contributed by atoms with Crippen molar-refractivity contribution in [3.63, 3.8) is 0 Å². The van der Waals surface area contributed by atoms with Crippen LogP contribution in [0.4, 0.5) is 0 Å². The van der Waals surface area contributed by atoms with Crippen LogP contribution in [0, 0.1) is 19.8 Å². The van der Waals surface area contributed by atoms with E-state index < -0.39 is 0 Å². The van der Waals surface area contributed by atoms with Gasteiger partial charge in [0.15, 0.2) is 0 Å². The van der Waals surface area contributed by atoms with Gasteiger partial charge in [-0.3, -0.25) is 9.59 Å². The van der Waals surface area contributed by atoms with Gasteiger partial charge in [0.05, 0.1) is 16.5 Å². The van der Waals surface area contributed by atoms with Gasteiger partial charge in [-0.25, -0.2) is 0 Å². The van der Waals surface area contributed by atoms with Gasteiger partial charge < -0.3 is 14.9 Å². The van der Waals surface area contributed by atoms with Crippen LogP contribution in [0.15, 0.2) is 41.5 Å². The Morgan fingerprint density at radius 2 is 2.08 bits per heavy atom. The third kappa shape index (κ3) is 2.03. The summed E-state index contributed by atoms with van der Waals surface area (Å²) >= 11 is 0. The van der Waals surface area contributed by atoms with Crippen LogP contribution in [0.5, 0.6) is 0 Å². The molecule has 1 aromatic carbocycles. The summed E-state index contributed by atoms with van der Waals surface area (Å²) in [5, 5.41) is 0.472. The second-order valence-corrected chi connectivity index (χ2v) is 7.87. The van der Waals surface area contributed by atoms with Crippen molar-refractivity contribution in [1.29, 1.82) is 0 Å². The Balaban J connectivity index is 1.49. The highest BCUT2D eigenvalue weighted by Crippen LogP contribution is 2.59. The van der Waals surface area contributed by atoms with E-state index in [1.807, 2.05) is 11.8 Å². The number of nitrogens with one attached hydrogen (secondary N) is 2. The van der Waals surface area contributed by atoms with Crippen molar-refractivity contribution in [2.45, 2.75) is 25.7 Å². The fraction of sp³-hybridized carbons (Fsp3) is 0.333. The second-order valence-electron chi connectivity index (χ2n) is 7.87. The maximum atomic E-state index is 13.1. The zero-order valence-electron chi connectivity index (χ0n) is 14.9. The number of hydrogen-bond acceptors (Lipinski definition) is 2. The molecule has 3 aromatic rings. The minimum atomic E-state index is -0.215. The topological polar surface area (TPSA) is 69.0 Å². The molecule has 2 aliphatic rings. The number of H-pyrrole nitrogens is 2. The van der Waals surface area contributed by atoms with Crippen LogP contribution in [0.1, 0.15) is 33.5 Å². The van der Waals surface area contributed by atoms with Crippen molar-refractivity contribution in [1.82, 2.24) is 14.9 Å². The summed E-state index contributed by atoms with van der Waals surface area (Å²) in [7, 11) is 0. The average Bonchev–Trinajstić information content (AvgIpc) is 3.00. The third-order valence-corrected chi connectivity index (χ3v) is 6.18. The van der Waals surface area contributed by atoms with Gasteiger partial charge in [0.1, 0.15) is 0 Å². The monoisotopic (exact) mass is 347 g/mol. The molecule has 1 aliphatic carbocycles. The zero-order valence-corrected chi connectivity index (χ0v) is 14.9. The summed E-state index contributed by atoms with van der Waals surface area (Å²) < 4.78 is 0. The number of likely N-dealkylation sites (tertiary alicyclic amines) is 1. The molecule has 0 spiro atoms. The van der Waals surface area contributed by atoms with Gasteiger partial charge in [0, 0.05) is 30.9 Å². The van der Waals surface area contributed by atoms with Crippen LogP contribution in [0.25, 0.3) is 10.9 Å². The van der Waals surface area contributed by atoms with E-state index in [9.17, 15) is 9.59 Å². The fourth-order valence-electron chi connectivity index (χ4n) is 4.67. The quantitative estimate of drug-likeness (QED) is 0.748. The van der Waals surface area contributed by atoms with Crippen LogP contribution < -0.4 is 5.56 Å². The molecule has 5 rings (SSSR count). The largest absolute Gasteiger partial charge is 0.360 e. The van der Waals surface area contributed by atoms with E-state index in [1.54, 1.807) is 12.4 Å². The normalized spacial score (nSPS) is 24.1. The van der Waals surface area contributed by atoms with Crippen molar-refractivity contribution in [3.05, 3.63) is 69.3 Å². The van der Waals surface area contributed by atoms with Crippen LogP contribution >= 0.6 is 0 Å². The highest BCUT2D eigenvalue weighted by molar-refractivity contribution is 6.07. The second kappa shape index (κ2) is 5.10. The molecule has 2 fully saturated rings. The number of carbonyl (C=O) groups excluding carboxylic acids is 1. The Kier molecular flexibility index (Phi) is 3.03. The summed E-state index contributed by atoms with van der Waals surface area (Å²) in [6.45, 7) is 5.52. The number of aryl methyl sites for hydroxylation is 2. The molecule has 0 bridgehead atoms. The number of carbonyl (C=O) groups is 1. The van der Waals surface area contributed by atoms with Crippen LogP contribution in [-0.2, 0) is 5.41 Å². The molecule has 2 unspecified atom stereocenters. The standard InChI is InChI=1S/C21H21N3O2/c1-12-4-3-5-14(6-12)21-7-15(21)10-24(11-21)20(26)16-9-22-18-13(2)8-23-19(25)17(16)18/h3-6,8-9,15,22H,7,10-11H2,1-2H3,(H,23,25). The maximum absolute atomic E-state index is 13.1. The van der Waals surface area contributed by atoms with Crippen molar-refractivity contribution in [2.24, 2.45) is 5.92 Å². The zero-order chi connectivity index (χ0) is 18.1. The summed E-state index contributed by atoms with van der Waals surface area (Å²) in [6.07, 6.45) is 4.50. The Hall–Kier alpha value is -2.82. The lowest BCUT2D eigenvalue weighted by atomic mass is 9.93. The fourth-order valence-corrected chi connectivity index (χ4v) is 4.67. The first-order chi connectivity index (χ1) is 12.5. The number of rotatable bonds is 2. The van der Waals surface area contributed by atoms with Gasteiger partial charge in [-0.2, -0.15) is 0 Å². The smallest absolute Gasteiger partial charge is 0.258 e. The van der Waals surface area contributed by atoms with Gasteiger partial charge in [0.25, 0.3) is 11.5 Å². The average molecular weight is 347 g/mol. The number of pyridine rings is 1. The van der Waals surface area contributed by atoms with Crippen LogP contribution in [-0.4, -0.2) is 33.9 Å². The predicted molar refractivity (Wildman–Crippen MR) is 101 cm³/mol. The molecular formula is C21H21N3O2. The molecule has 2 N–H and O–H groups in total. The lowest BCUT2D eigenvalue weighted by molar-refractivity contribution is 0.0774. The van der Waals surface area contributed by atoms with Crippen molar-refractivity contribution in [2.75, 3.05) is 13.1 Å². The first-order valence-corrected chi connectivity index (χ1v) is 9.05. The lowest BCUT2D eigenvalue weighted by Crippen LogP contribution is -2.33. The van der Waals surface area contributed by atoms with Gasteiger partial charge in [-0.05, 0) is 37.3 Å². The van der Waals surface area contributed by atoms with Gasteiger partial charge in [-0.15, -0.1) is 0 Å². The van der Waals surface area contributed by atoms with Gasteiger partial charge in [-0.1, -0.05) is 29.8 Å². The van der Waals surface area contributed by atoms with E-state index in [0.29, 0.717) is 16.9 Å². The summed E-state index contributed by atoms with van der Waals surface area (Å²) in [6, 6.07) is 8.63. The SMILES string of the molecule is Cc1cccc(C23CC2CN(C(=O)c2c[nH]c4c(C)c[nH]c(=O)c24)C3)c1. The minimum absolute atomic E-state index is 0.0495.